The van der Waals surface area contributed by atoms with Gasteiger partial charge in [0.25, 0.3) is 5.91 Å². The molecule has 0 unspecified atom stereocenters. The van der Waals surface area contributed by atoms with Gasteiger partial charge in [-0.2, -0.15) is 0 Å². The molecule has 1 aromatic rings. The lowest BCUT2D eigenvalue weighted by Crippen LogP contribution is -3.29. The van der Waals surface area contributed by atoms with Crippen LogP contribution < -0.4 is 19.4 Å². The molecule has 2 fully saturated rings. The number of ether oxygens (including phenoxy) is 1. The van der Waals surface area contributed by atoms with Crippen LogP contribution in [-0.2, 0) is 9.59 Å². The number of anilines is 1. The molecular formula is C18H27N3O3+2. The first kappa shape index (κ1) is 16.9. The van der Waals surface area contributed by atoms with E-state index < -0.39 is 0 Å². The van der Waals surface area contributed by atoms with Crippen molar-refractivity contribution in [1.82, 2.24) is 0 Å². The highest BCUT2D eigenvalue weighted by molar-refractivity contribution is 6.21. The van der Waals surface area contributed by atoms with Crippen molar-refractivity contribution in [2.24, 2.45) is 0 Å². The van der Waals surface area contributed by atoms with Crippen LogP contribution in [0, 0.1) is 0 Å². The van der Waals surface area contributed by atoms with Gasteiger partial charge in [-0.25, -0.2) is 4.90 Å². The van der Waals surface area contributed by atoms with E-state index in [1.165, 1.54) is 9.80 Å². The molecule has 1 atom stereocenters. The molecule has 2 aliphatic rings. The highest BCUT2D eigenvalue weighted by Crippen LogP contribution is 2.25. The minimum absolute atomic E-state index is 0.0661. The van der Waals surface area contributed by atoms with Gasteiger partial charge in [-0.05, 0) is 26.0 Å². The van der Waals surface area contributed by atoms with Crippen LogP contribution in [-0.4, -0.2) is 57.2 Å². The van der Waals surface area contributed by atoms with E-state index in [1.54, 1.807) is 17.0 Å². The molecule has 0 aromatic heterocycles. The van der Waals surface area contributed by atoms with Crippen LogP contribution in [0.2, 0.25) is 0 Å². The molecule has 130 valence electrons. The number of hydrogen-bond donors (Lipinski definition) is 2. The highest BCUT2D eigenvalue weighted by Gasteiger charge is 2.46. The fourth-order valence-electron chi connectivity index (χ4n) is 3.73. The summed E-state index contributed by atoms with van der Waals surface area (Å²) in [6.07, 6.45) is 0.314. The molecule has 6 heteroatoms. The topological polar surface area (TPSA) is 55.5 Å². The van der Waals surface area contributed by atoms with E-state index >= 15 is 0 Å². The van der Waals surface area contributed by atoms with Crippen molar-refractivity contribution in [1.29, 1.82) is 0 Å². The molecule has 2 aliphatic heterocycles. The molecule has 0 bridgehead atoms. The number of carbonyl (C=O) groups excluding carboxylic acids is 2. The van der Waals surface area contributed by atoms with Crippen LogP contribution in [0.5, 0.6) is 5.75 Å². The lowest BCUT2D eigenvalue weighted by molar-refractivity contribution is -1.02. The molecule has 3 rings (SSSR count). The third kappa shape index (κ3) is 3.30. The summed E-state index contributed by atoms with van der Waals surface area (Å²) < 4.78 is 5.49. The van der Waals surface area contributed by atoms with E-state index in [4.69, 9.17) is 4.74 Å². The zero-order valence-corrected chi connectivity index (χ0v) is 14.5. The van der Waals surface area contributed by atoms with Gasteiger partial charge in [-0.3, -0.25) is 9.59 Å². The average molecular weight is 333 g/mol. The van der Waals surface area contributed by atoms with Crippen LogP contribution in [0.25, 0.3) is 0 Å². The van der Waals surface area contributed by atoms with E-state index in [0.717, 1.165) is 32.7 Å². The Morgan fingerprint density at radius 1 is 1.17 bits per heavy atom. The van der Waals surface area contributed by atoms with Crippen LogP contribution in [0.4, 0.5) is 5.69 Å². The largest absolute Gasteiger partial charge is 0.494 e. The quantitative estimate of drug-likeness (QED) is 0.647. The van der Waals surface area contributed by atoms with Gasteiger partial charge in [-0.15, -0.1) is 0 Å². The van der Waals surface area contributed by atoms with E-state index in [0.29, 0.717) is 24.5 Å². The van der Waals surface area contributed by atoms with Crippen molar-refractivity contribution in [3.8, 4) is 5.75 Å². The van der Waals surface area contributed by atoms with E-state index in [9.17, 15) is 9.59 Å². The van der Waals surface area contributed by atoms with Crippen molar-refractivity contribution in [3.05, 3.63) is 24.3 Å². The molecule has 2 heterocycles. The molecule has 1 aromatic carbocycles. The number of likely N-dealkylation sites (N-methyl/N-ethyl adjacent to an activating group) is 1. The maximum atomic E-state index is 12.9. The van der Waals surface area contributed by atoms with E-state index in [1.807, 2.05) is 19.1 Å². The van der Waals surface area contributed by atoms with Gasteiger partial charge in [0.05, 0.1) is 25.3 Å². The number of hydrogen-bond acceptors (Lipinski definition) is 3. The summed E-state index contributed by atoms with van der Waals surface area (Å²) in [5.41, 5.74) is 0.621. The number of nitrogens with one attached hydrogen (secondary N) is 2. The first-order valence-corrected chi connectivity index (χ1v) is 8.91. The molecule has 0 saturated carbocycles. The Kier molecular flexibility index (Phi) is 5.16. The number of nitrogens with zero attached hydrogens (tertiary/aromatic N) is 1. The van der Waals surface area contributed by atoms with Crippen molar-refractivity contribution in [2.75, 3.05) is 44.2 Å². The number of rotatable bonds is 5. The van der Waals surface area contributed by atoms with Crippen molar-refractivity contribution in [2.45, 2.75) is 26.3 Å². The van der Waals surface area contributed by atoms with Gasteiger partial charge in [0.2, 0.25) is 5.91 Å². The highest BCUT2D eigenvalue weighted by atomic mass is 16.5. The summed E-state index contributed by atoms with van der Waals surface area (Å²) in [6, 6.07) is 7.01. The van der Waals surface area contributed by atoms with Crippen LogP contribution in [0.3, 0.4) is 0 Å². The minimum Gasteiger partial charge on any atom is -0.494 e. The number of amides is 2. The normalized spacial score (nSPS) is 27.6. The Morgan fingerprint density at radius 3 is 2.58 bits per heavy atom. The minimum atomic E-state index is -0.230. The fraction of sp³-hybridized carbons (Fsp3) is 0.556. The summed E-state index contributed by atoms with van der Waals surface area (Å²) in [5, 5.41) is 0. The first-order chi connectivity index (χ1) is 11.6. The predicted molar refractivity (Wildman–Crippen MR) is 90.4 cm³/mol. The average Bonchev–Trinajstić information content (AvgIpc) is 2.90. The summed E-state index contributed by atoms with van der Waals surface area (Å²) in [4.78, 5) is 29.5. The molecule has 2 amide bonds. The molecular weight excluding hydrogens is 306 g/mol. The Bertz CT molecular complexity index is 611. The number of benzene rings is 1. The summed E-state index contributed by atoms with van der Waals surface area (Å²) in [6.45, 7) is 9.85. The van der Waals surface area contributed by atoms with Crippen molar-refractivity contribution >= 4 is 17.5 Å². The first-order valence-electron chi connectivity index (χ1n) is 8.91. The summed E-state index contributed by atoms with van der Waals surface area (Å²) in [5.74, 6) is 0.520. The van der Waals surface area contributed by atoms with Crippen molar-refractivity contribution in [3.63, 3.8) is 0 Å². The fourth-order valence-corrected chi connectivity index (χ4v) is 3.73. The molecule has 2 N–H and O–H groups in total. The molecule has 0 aliphatic carbocycles. The Labute approximate surface area is 143 Å². The Hall–Kier alpha value is -1.92. The molecule has 6 nitrogen and oxygen atoms in total. The number of quaternary nitrogens is 2. The monoisotopic (exact) mass is 333 g/mol. The number of piperazine rings is 1. The van der Waals surface area contributed by atoms with Gasteiger partial charge in [0.1, 0.15) is 31.9 Å². The van der Waals surface area contributed by atoms with Crippen molar-refractivity contribution < 1.29 is 24.1 Å². The van der Waals surface area contributed by atoms with E-state index in [-0.39, 0.29) is 17.9 Å². The maximum Gasteiger partial charge on any atom is 0.292 e. The summed E-state index contributed by atoms with van der Waals surface area (Å²) in [7, 11) is 0. The number of carbonyl (C=O) groups is 2. The predicted octanol–water partition coefficient (Wildman–Crippen LogP) is -1.48. The van der Waals surface area contributed by atoms with Crippen LogP contribution in [0.15, 0.2) is 24.3 Å². The lowest BCUT2D eigenvalue weighted by atomic mass is 10.1. The SMILES string of the molecule is CCOc1cccc(N2C(=O)C[C@@H]([NH+]3CC[NH+](CC)CC3)C2=O)c1. The second kappa shape index (κ2) is 7.32. The maximum absolute atomic E-state index is 12.9. The summed E-state index contributed by atoms with van der Waals surface area (Å²) >= 11 is 0. The smallest absolute Gasteiger partial charge is 0.292 e. The third-order valence-corrected chi connectivity index (χ3v) is 5.13. The molecule has 0 spiro atoms. The van der Waals surface area contributed by atoms with Gasteiger partial charge in [0.15, 0.2) is 6.04 Å². The second-order valence-electron chi connectivity index (χ2n) is 6.52. The van der Waals surface area contributed by atoms with Crippen LogP contribution >= 0.6 is 0 Å². The molecule has 24 heavy (non-hydrogen) atoms. The van der Waals surface area contributed by atoms with Crippen LogP contribution in [0.1, 0.15) is 20.3 Å². The van der Waals surface area contributed by atoms with Gasteiger partial charge in [-0.1, -0.05) is 6.07 Å². The van der Waals surface area contributed by atoms with E-state index in [2.05, 4.69) is 6.92 Å². The molecule has 0 radical (unpaired) electrons. The Balaban J connectivity index is 1.73. The van der Waals surface area contributed by atoms with Gasteiger partial charge in [0, 0.05) is 6.07 Å². The van der Waals surface area contributed by atoms with Gasteiger partial charge >= 0.3 is 0 Å². The van der Waals surface area contributed by atoms with Gasteiger partial charge < -0.3 is 14.5 Å². The third-order valence-electron chi connectivity index (χ3n) is 5.13. The Morgan fingerprint density at radius 2 is 1.92 bits per heavy atom. The number of imide groups is 1. The second-order valence-corrected chi connectivity index (χ2v) is 6.52. The zero-order valence-electron chi connectivity index (χ0n) is 14.5. The standard InChI is InChI=1S/C18H25N3O3/c1-3-19-8-10-20(11-9-19)16-13-17(22)21(18(16)23)14-6-5-7-15(12-14)24-4-2/h5-7,12,16H,3-4,8-11,13H2,1-2H3/p+2/t16-/m1/s1. The lowest BCUT2D eigenvalue weighted by Gasteiger charge is -2.31. The zero-order chi connectivity index (χ0) is 17.1. The molecule has 2 saturated heterocycles.